The number of likely N-dealkylation sites (tertiary alicyclic amines) is 1. The summed E-state index contributed by atoms with van der Waals surface area (Å²) in [5.74, 6) is 0.745. The van der Waals surface area contributed by atoms with Crippen LogP contribution in [0.4, 0.5) is 0 Å². The van der Waals surface area contributed by atoms with E-state index in [0.29, 0.717) is 5.92 Å². The van der Waals surface area contributed by atoms with E-state index in [1.54, 1.807) is 0 Å². The normalized spacial score (nSPS) is 17.9. The molecule has 4 heteroatoms. The van der Waals surface area contributed by atoms with Crippen molar-refractivity contribution in [2.24, 2.45) is 5.92 Å². The van der Waals surface area contributed by atoms with Gasteiger partial charge in [0, 0.05) is 25.8 Å². The van der Waals surface area contributed by atoms with Gasteiger partial charge in [-0.2, -0.15) is 0 Å². The Balaban J connectivity index is 1.64. The van der Waals surface area contributed by atoms with Gasteiger partial charge in [0.1, 0.15) is 5.69 Å². The van der Waals surface area contributed by atoms with Crippen LogP contribution in [0.1, 0.15) is 28.9 Å². The molecule has 1 aromatic heterocycles. The minimum Gasteiger partial charge on any atom is -0.343 e. The second kappa shape index (κ2) is 8.15. The summed E-state index contributed by atoms with van der Waals surface area (Å²) in [6, 6.07) is 14.4. The molecule has 24 heavy (non-hydrogen) atoms. The minimum absolute atomic E-state index is 0.175. The molecule has 0 spiro atoms. The van der Waals surface area contributed by atoms with Crippen molar-refractivity contribution in [3.05, 3.63) is 59.9 Å². The maximum absolute atomic E-state index is 12.9. The monoisotopic (exact) mass is 325 g/mol. The molecule has 1 aliphatic rings. The Morgan fingerprint density at radius 1 is 1.21 bits per heavy atom. The molecule has 128 valence electrons. The van der Waals surface area contributed by atoms with E-state index in [-0.39, 0.29) is 5.91 Å². The Hall–Kier alpha value is -2.07. The number of hydrogen-bond acceptors (Lipinski definition) is 2. The zero-order valence-corrected chi connectivity index (χ0v) is 14.4. The molecule has 1 aliphatic heterocycles. The smallest absolute Gasteiger partial charge is 0.270 e. The largest absolute Gasteiger partial charge is 0.343 e. The number of nitrogens with one attached hydrogen (secondary N) is 1. The maximum atomic E-state index is 12.9. The van der Waals surface area contributed by atoms with E-state index in [2.05, 4.69) is 34.1 Å². The first-order chi connectivity index (χ1) is 11.8. The first-order valence-corrected chi connectivity index (χ1v) is 8.91. The van der Waals surface area contributed by atoms with Crippen LogP contribution in [-0.2, 0) is 13.0 Å². The van der Waals surface area contributed by atoms with Crippen LogP contribution in [0.25, 0.3) is 0 Å². The average molecular weight is 325 g/mol. The number of carbonyl (C=O) groups is 1. The quantitative estimate of drug-likeness (QED) is 0.887. The van der Waals surface area contributed by atoms with E-state index in [1.165, 1.54) is 12.0 Å². The number of carbonyl (C=O) groups excluding carboxylic acids is 1. The molecule has 0 bridgehead atoms. The Morgan fingerprint density at radius 2 is 2.04 bits per heavy atom. The predicted molar refractivity (Wildman–Crippen MR) is 97.1 cm³/mol. The van der Waals surface area contributed by atoms with Gasteiger partial charge >= 0.3 is 0 Å². The molecule has 1 aromatic carbocycles. The summed E-state index contributed by atoms with van der Waals surface area (Å²) in [7, 11) is 1.98. The molecule has 1 fully saturated rings. The van der Waals surface area contributed by atoms with Crippen molar-refractivity contribution >= 4 is 5.91 Å². The fourth-order valence-corrected chi connectivity index (χ4v) is 3.56. The van der Waals surface area contributed by atoms with Crippen LogP contribution in [0, 0.1) is 5.92 Å². The number of hydrogen-bond donors (Lipinski definition) is 1. The van der Waals surface area contributed by atoms with Crippen molar-refractivity contribution in [2.45, 2.75) is 25.8 Å². The lowest BCUT2D eigenvalue weighted by Crippen LogP contribution is -2.43. The Bertz CT molecular complexity index is 648. The molecule has 1 saturated heterocycles. The van der Waals surface area contributed by atoms with Gasteiger partial charge < -0.3 is 14.8 Å². The molecular formula is C20H27N3O. The summed E-state index contributed by atoms with van der Waals surface area (Å²) < 4.78 is 2.09. The van der Waals surface area contributed by atoms with Gasteiger partial charge in [0.2, 0.25) is 0 Å². The molecule has 0 aliphatic carbocycles. The average Bonchev–Trinajstić information content (AvgIpc) is 3.09. The fraction of sp³-hybridized carbons (Fsp3) is 0.450. The minimum atomic E-state index is 0.175. The van der Waals surface area contributed by atoms with Crippen LogP contribution in [0.2, 0.25) is 0 Å². The van der Waals surface area contributed by atoms with Crippen molar-refractivity contribution in [1.29, 1.82) is 0 Å². The zero-order valence-electron chi connectivity index (χ0n) is 14.4. The molecule has 0 unspecified atom stereocenters. The van der Waals surface area contributed by atoms with Gasteiger partial charge in [0.15, 0.2) is 0 Å². The highest BCUT2D eigenvalue weighted by Crippen LogP contribution is 2.18. The van der Waals surface area contributed by atoms with Crippen LogP contribution in [-0.4, -0.2) is 42.1 Å². The summed E-state index contributed by atoms with van der Waals surface area (Å²) in [5.41, 5.74) is 2.12. The lowest BCUT2D eigenvalue weighted by atomic mass is 9.98. The van der Waals surface area contributed by atoms with Crippen LogP contribution >= 0.6 is 0 Å². The molecule has 1 atom stereocenters. The third-order valence-electron chi connectivity index (χ3n) is 4.83. The van der Waals surface area contributed by atoms with Gasteiger partial charge in [-0.15, -0.1) is 0 Å². The molecule has 1 N–H and O–H groups in total. The predicted octanol–water partition coefficient (Wildman–Crippen LogP) is 2.80. The molecule has 2 aromatic rings. The Kier molecular flexibility index (Phi) is 5.70. The molecule has 0 saturated carbocycles. The van der Waals surface area contributed by atoms with E-state index in [4.69, 9.17) is 0 Å². The topological polar surface area (TPSA) is 37.3 Å². The van der Waals surface area contributed by atoms with Crippen LogP contribution in [0.3, 0.4) is 0 Å². The van der Waals surface area contributed by atoms with Gasteiger partial charge in [-0.25, -0.2) is 0 Å². The standard InChI is InChI=1S/C20H27N3O/c1-21-15-18-9-5-13-23(16-18)20(24)19-10-6-12-22(19)14-11-17-7-3-2-4-8-17/h2-4,6-8,10,12,18,21H,5,9,11,13-16H2,1H3/t18-/m1/s1. The SMILES string of the molecule is CNC[C@H]1CCCN(C(=O)c2cccn2CCc2ccccc2)C1. The summed E-state index contributed by atoms with van der Waals surface area (Å²) in [6.07, 6.45) is 5.27. The van der Waals surface area contributed by atoms with E-state index in [1.807, 2.05) is 36.3 Å². The highest BCUT2D eigenvalue weighted by atomic mass is 16.2. The summed E-state index contributed by atoms with van der Waals surface area (Å²) >= 11 is 0. The molecule has 3 rings (SSSR count). The van der Waals surface area contributed by atoms with E-state index in [0.717, 1.165) is 44.7 Å². The zero-order chi connectivity index (χ0) is 16.8. The number of aryl methyl sites for hydroxylation is 2. The first-order valence-electron chi connectivity index (χ1n) is 8.91. The van der Waals surface area contributed by atoms with Crippen molar-refractivity contribution < 1.29 is 4.79 Å². The molecule has 0 radical (unpaired) electrons. The van der Waals surface area contributed by atoms with Crippen LogP contribution < -0.4 is 5.32 Å². The lowest BCUT2D eigenvalue weighted by molar-refractivity contribution is 0.0663. The Labute approximate surface area is 144 Å². The third kappa shape index (κ3) is 4.06. The molecule has 4 nitrogen and oxygen atoms in total. The van der Waals surface area contributed by atoms with Crippen LogP contribution in [0.15, 0.2) is 48.7 Å². The van der Waals surface area contributed by atoms with Gasteiger partial charge in [0.05, 0.1) is 0 Å². The number of benzene rings is 1. The lowest BCUT2D eigenvalue weighted by Gasteiger charge is -2.33. The molecular weight excluding hydrogens is 298 g/mol. The van der Waals surface area contributed by atoms with E-state index >= 15 is 0 Å². The van der Waals surface area contributed by atoms with E-state index < -0.39 is 0 Å². The second-order valence-corrected chi connectivity index (χ2v) is 6.64. The summed E-state index contributed by atoms with van der Waals surface area (Å²) in [6.45, 7) is 3.57. The Morgan fingerprint density at radius 3 is 2.83 bits per heavy atom. The first kappa shape index (κ1) is 16.8. The highest BCUT2D eigenvalue weighted by Gasteiger charge is 2.25. The summed E-state index contributed by atoms with van der Waals surface area (Å²) in [4.78, 5) is 15.0. The number of nitrogens with zero attached hydrogens (tertiary/aromatic N) is 2. The van der Waals surface area contributed by atoms with Gasteiger partial charge in [0.25, 0.3) is 5.91 Å². The van der Waals surface area contributed by atoms with Gasteiger partial charge in [-0.1, -0.05) is 30.3 Å². The van der Waals surface area contributed by atoms with Gasteiger partial charge in [-0.3, -0.25) is 4.79 Å². The van der Waals surface area contributed by atoms with Gasteiger partial charge in [-0.05, 0) is 56.5 Å². The van der Waals surface area contributed by atoms with Crippen molar-refractivity contribution in [1.82, 2.24) is 14.8 Å². The number of piperidine rings is 1. The highest BCUT2D eigenvalue weighted by molar-refractivity contribution is 5.92. The number of amides is 1. The van der Waals surface area contributed by atoms with Crippen molar-refractivity contribution in [2.75, 3.05) is 26.7 Å². The number of rotatable bonds is 6. The van der Waals surface area contributed by atoms with E-state index in [9.17, 15) is 4.79 Å². The van der Waals surface area contributed by atoms with Crippen molar-refractivity contribution in [3.8, 4) is 0 Å². The third-order valence-corrected chi connectivity index (χ3v) is 4.83. The van der Waals surface area contributed by atoms with Crippen molar-refractivity contribution in [3.63, 3.8) is 0 Å². The molecule has 1 amide bonds. The summed E-state index contributed by atoms with van der Waals surface area (Å²) in [5, 5.41) is 3.24. The molecule has 2 heterocycles. The fourth-order valence-electron chi connectivity index (χ4n) is 3.56. The number of aromatic nitrogens is 1. The maximum Gasteiger partial charge on any atom is 0.270 e. The van der Waals surface area contributed by atoms with Crippen LogP contribution in [0.5, 0.6) is 0 Å². The second-order valence-electron chi connectivity index (χ2n) is 6.64.